The van der Waals surface area contributed by atoms with Crippen LogP contribution in [-0.2, 0) is 16.6 Å². The normalized spacial score (nSPS) is 16.8. The molecule has 0 heterocycles. The van der Waals surface area contributed by atoms with E-state index >= 15 is 0 Å². The summed E-state index contributed by atoms with van der Waals surface area (Å²) in [7, 11) is -0.385. The first-order valence-electron chi connectivity index (χ1n) is 6.97. The van der Waals surface area contributed by atoms with Gasteiger partial charge in [0.05, 0.1) is 11.4 Å². The second-order valence-corrected chi connectivity index (χ2v) is 7.56. The number of rotatable bonds is 5. The molecule has 116 valence electrons. The van der Waals surface area contributed by atoms with Crippen molar-refractivity contribution in [2.24, 2.45) is 10.7 Å². The van der Waals surface area contributed by atoms with Crippen LogP contribution < -0.4 is 11.1 Å². The van der Waals surface area contributed by atoms with Crippen molar-refractivity contribution in [3.05, 3.63) is 29.8 Å². The maximum Gasteiger partial charge on any atom is 0.242 e. The van der Waals surface area contributed by atoms with E-state index in [1.54, 1.807) is 18.2 Å². The summed E-state index contributed by atoms with van der Waals surface area (Å²) in [6.45, 7) is 0.363. The lowest BCUT2D eigenvalue weighted by molar-refractivity contribution is 0.382. The molecule has 0 amide bonds. The zero-order valence-electron chi connectivity index (χ0n) is 12.4. The van der Waals surface area contributed by atoms with Crippen LogP contribution in [-0.4, -0.2) is 38.8 Å². The Hall–Kier alpha value is -1.60. The van der Waals surface area contributed by atoms with Crippen LogP contribution in [0, 0.1) is 0 Å². The summed E-state index contributed by atoms with van der Waals surface area (Å²) in [5, 5.41) is 3.15. The van der Waals surface area contributed by atoms with Crippen molar-refractivity contribution >= 4 is 16.0 Å². The van der Waals surface area contributed by atoms with Gasteiger partial charge in [0.2, 0.25) is 10.0 Å². The Bertz CT molecular complexity index is 622. The second-order valence-electron chi connectivity index (χ2n) is 5.41. The molecule has 1 aliphatic rings. The fraction of sp³-hybridized carbons (Fsp3) is 0.500. The number of nitrogens with one attached hydrogen (secondary N) is 1. The quantitative estimate of drug-likeness (QED) is 0.624. The molecule has 1 aliphatic carbocycles. The highest BCUT2D eigenvalue weighted by Crippen LogP contribution is 2.18. The van der Waals surface area contributed by atoms with E-state index in [2.05, 4.69) is 10.3 Å². The smallest absolute Gasteiger partial charge is 0.242 e. The van der Waals surface area contributed by atoms with Crippen LogP contribution in [0.2, 0.25) is 0 Å². The number of guanidine groups is 1. The molecular weight excluding hydrogens is 288 g/mol. The summed E-state index contributed by atoms with van der Waals surface area (Å²) < 4.78 is 25.3. The number of nitrogens with zero attached hydrogens (tertiary/aromatic N) is 2. The van der Waals surface area contributed by atoms with Gasteiger partial charge in [-0.15, -0.1) is 0 Å². The highest BCUT2D eigenvalue weighted by atomic mass is 32.2. The standard InChI is InChI=1S/C14H22N4O2S/c1-18(2)21(19,20)13-8-3-5-11(9-13)10-16-14(15)17-12-6-4-7-12/h3,5,8-9,12H,4,6-7,10H2,1-2H3,(H3,15,16,17). The van der Waals surface area contributed by atoms with Crippen LogP contribution >= 0.6 is 0 Å². The Kier molecular flexibility index (Phi) is 4.84. The Morgan fingerprint density at radius 1 is 1.43 bits per heavy atom. The van der Waals surface area contributed by atoms with Crippen LogP contribution in [0.3, 0.4) is 0 Å². The number of aliphatic imine (C=N–C) groups is 1. The van der Waals surface area contributed by atoms with E-state index in [1.165, 1.54) is 24.8 Å². The maximum atomic E-state index is 12.1. The van der Waals surface area contributed by atoms with Gasteiger partial charge in [0.1, 0.15) is 0 Å². The van der Waals surface area contributed by atoms with E-state index in [0.29, 0.717) is 18.5 Å². The van der Waals surface area contributed by atoms with Gasteiger partial charge in [-0.25, -0.2) is 17.7 Å². The molecule has 0 radical (unpaired) electrons. The van der Waals surface area contributed by atoms with Gasteiger partial charge in [0.15, 0.2) is 5.96 Å². The monoisotopic (exact) mass is 310 g/mol. The van der Waals surface area contributed by atoms with Gasteiger partial charge in [-0.1, -0.05) is 12.1 Å². The fourth-order valence-corrected chi connectivity index (χ4v) is 2.97. The van der Waals surface area contributed by atoms with Gasteiger partial charge in [-0.05, 0) is 37.0 Å². The Morgan fingerprint density at radius 2 is 2.14 bits per heavy atom. The zero-order chi connectivity index (χ0) is 15.5. The lowest BCUT2D eigenvalue weighted by Gasteiger charge is -2.26. The van der Waals surface area contributed by atoms with E-state index in [-0.39, 0.29) is 4.90 Å². The molecule has 1 fully saturated rings. The molecule has 7 heteroatoms. The number of sulfonamides is 1. The SMILES string of the molecule is CN(C)S(=O)(=O)c1cccc(CN=C(N)NC2CCC2)c1. The Labute approximate surface area is 126 Å². The maximum absolute atomic E-state index is 12.1. The molecule has 6 nitrogen and oxygen atoms in total. The van der Waals surface area contributed by atoms with Gasteiger partial charge in [-0.3, -0.25) is 0 Å². The molecule has 0 spiro atoms. The van der Waals surface area contributed by atoms with Crippen LogP contribution in [0.1, 0.15) is 24.8 Å². The lowest BCUT2D eigenvalue weighted by Crippen LogP contribution is -2.43. The third kappa shape index (κ3) is 3.95. The van der Waals surface area contributed by atoms with Gasteiger partial charge in [0, 0.05) is 20.1 Å². The van der Waals surface area contributed by atoms with Crippen LogP contribution in [0.4, 0.5) is 0 Å². The van der Waals surface area contributed by atoms with Crippen molar-refractivity contribution in [2.45, 2.75) is 36.7 Å². The Balaban J connectivity index is 2.05. The van der Waals surface area contributed by atoms with Gasteiger partial charge >= 0.3 is 0 Å². The van der Waals surface area contributed by atoms with E-state index in [0.717, 1.165) is 18.4 Å². The summed E-state index contributed by atoms with van der Waals surface area (Å²) in [6, 6.07) is 7.22. The van der Waals surface area contributed by atoms with Crippen molar-refractivity contribution in [1.29, 1.82) is 0 Å². The van der Waals surface area contributed by atoms with Gasteiger partial charge in [-0.2, -0.15) is 0 Å². The summed E-state index contributed by atoms with van der Waals surface area (Å²) in [5.74, 6) is 0.417. The average molecular weight is 310 g/mol. The van der Waals surface area contributed by atoms with E-state index < -0.39 is 10.0 Å². The topological polar surface area (TPSA) is 87.8 Å². The lowest BCUT2D eigenvalue weighted by atomic mass is 9.93. The predicted octanol–water partition coefficient (Wildman–Crippen LogP) is 0.894. The molecular formula is C14H22N4O2S. The minimum atomic E-state index is -3.41. The fourth-order valence-electron chi connectivity index (χ4n) is 2.00. The third-order valence-electron chi connectivity index (χ3n) is 3.57. The van der Waals surface area contributed by atoms with Gasteiger partial charge in [0.25, 0.3) is 0 Å². The van der Waals surface area contributed by atoms with Crippen molar-refractivity contribution < 1.29 is 8.42 Å². The minimum Gasteiger partial charge on any atom is -0.370 e. The van der Waals surface area contributed by atoms with Crippen molar-refractivity contribution in [1.82, 2.24) is 9.62 Å². The van der Waals surface area contributed by atoms with E-state index in [1.807, 2.05) is 6.07 Å². The molecule has 1 saturated carbocycles. The molecule has 3 N–H and O–H groups in total. The molecule has 21 heavy (non-hydrogen) atoms. The van der Waals surface area contributed by atoms with Crippen molar-refractivity contribution in [3.63, 3.8) is 0 Å². The van der Waals surface area contributed by atoms with Crippen molar-refractivity contribution in [3.8, 4) is 0 Å². The summed E-state index contributed by atoms with van der Waals surface area (Å²) in [6.07, 6.45) is 3.49. The van der Waals surface area contributed by atoms with Crippen molar-refractivity contribution in [2.75, 3.05) is 14.1 Å². The number of nitrogens with two attached hydrogens (primary N) is 1. The van der Waals surface area contributed by atoms with Crippen LogP contribution in [0.25, 0.3) is 0 Å². The largest absolute Gasteiger partial charge is 0.370 e. The first kappa shape index (κ1) is 15.8. The molecule has 0 atom stereocenters. The summed E-state index contributed by atoms with van der Waals surface area (Å²) >= 11 is 0. The predicted molar refractivity (Wildman–Crippen MR) is 83.4 cm³/mol. The zero-order valence-corrected chi connectivity index (χ0v) is 13.2. The average Bonchev–Trinajstić information content (AvgIpc) is 2.41. The molecule has 0 aliphatic heterocycles. The second kappa shape index (κ2) is 6.44. The molecule has 0 unspecified atom stereocenters. The summed E-state index contributed by atoms with van der Waals surface area (Å²) in [4.78, 5) is 4.53. The molecule has 0 aromatic heterocycles. The molecule has 1 aromatic carbocycles. The summed E-state index contributed by atoms with van der Waals surface area (Å²) in [5.41, 5.74) is 6.63. The number of hydrogen-bond donors (Lipinski definition) is 2. The molecule has 2 rings (SSSR count). The Morgan fingerprint density at radius 3 is 2.71 bits per heavy atom. The van der Waals surface area contributed by atoms with Crippen LogP contribution in [0.5, 0.6) is 0 Å². The first-order valence-corrected chi connectivity index (χ1v) is 8.41. The van der Waals surface area contributed by atoms with E-state index in [9.17, 15) is 8.42 Å². The highest BCUT2D eigenvalue weighted by molar-refractivity contribution is 7.89. The third-order valence-corrected chi connectivity index (χ3v) is 5.38. The molecule has 0 bridgehead atoms. The molecule has 1 aromatic rings. The van der Waals surface area contributed by atoms with Gasteiger partial charge < -0.3 is 11.1 Å². The number of benzene rings is 1. The first-order chi connectivity index (χ1) is 9.89. The number of hydrogen-bond acceptors (Lipinski definition) is 3. The van der Waals surface area contributed by atoms with E-state index in [4.69, 9.17) is 5.73 Å². The highest BCUT2D eigenvalue weighted by Gasteiger charge is 2.18. The van der Waals surface area contributed by atoms with Crippen LogP contribution in [0.15, 0.2) is 34.2 Å². The minimum absolute atomic E-state index is 0.269. The molecule has 0 saturated heterocycles.